The topological polar surface area (TPSA) is 47.3 Å². The van der Waals surface area contributed by atoms with E-state index < -0.39 is 0 Å². The largest absolute Gasteiger partial charge is 0.494 e. The van der Waals surface area contributed by atoms with Crippen molar-refractivity contribution in [3.8, 4) is 5.75 Å². The maximum atomic E-state index is 13.8. The van der Waals surface area contributed by atoms with Gasteiger partial charge in [-0.05, 0) is 67.7 Å². The Hall–Kier alpha value is -1.13. The van der Waals surface area contributed by atoms with Crippen LogP contribution in [-0.2, 0) is 0 Å². The van der Waals surface area contributed by atoms with Crippen LogP contribution < -0.4 is 15.8 Å². The molecular weight excluding hydrogens is 267 g/mol. The van der Waals surface area contributed by atoms with Crippen LogP contribution in [0.2, 0.25) is 0 Å². The number of methoxy groups -OCH3 is 1. The SMILES string of the molecule is COc1ccc(C(CN)NCC(C2CC2)C2CC2)cc1F. The Balaban J connectivity index is 1.62. The quantitative estimate of drug-likeness (QED) is 0.774. The minimum absolute atomic E-state index is 0.0189. The molecule has 0 radical (unpaired) electrons. The molecule has 0 bridgehead atoms. The Morgan fingerprint density at radius 3 is 2.43 bits per heavy atom. The normalized spacial score (nSPS) is 19.8. The summed E-state index contributed by atoms with van der Waals surface area (Å²) in [6.07, 6.45) is 5.53. The number of hydrogen-bond acceptors (Lipinski definition) is 3. The van der Waals surface area contributed by atoms with Crippen LogP contribution in [0, 0.1) is 23.6 Å². The highest BCUT2D eigenvalue weighted by molar-refractivity contribution is 5.31. The van der Waals surface area contributed by atoms with E-state index in [1.54, 1.807) is 6.07 Å². The van der Waals surface area contributed by atoms with Crippen LogP contribution in [0.5, 0.6) is 5.75 Å². The van der Waals surface area contributed by atoms with Gasteiger partial charge in [-0.15, -0.1) is 0 Å². The summed E-state index contributed by atoms with van der Waals surface area (Å²) < 4.78 is 18.8. The molecule has 0 aromatic heterocycles. The highest BCUT2D eigenvalue weighted by Crippen LogP contribution is 2.49. The van der Waals surface area contributed by atoms with Gasteiger partial charge in [-0.3, -0.25) is 0 Å². The molecule has 116 valence electrons. The van der Waals surface area contributed by atoms with Gasteiger partial charge in [0.1, 0.15) is 0 Å². The molecule has 2 aliphatic carbocycles. The smallest absolute Gasteiger partial charge is 0.165 e. The van der Waals surface area contributed by atoms with Gasteiger partial charge in [0, 0.05) is 12.6 Å². The predicted molar refractivity (Wildman–Crippen MR) is 81.7 cm³/mol. The van der Waals surface area contributed by atoms with Crippen molar-refractivity contribution < 1.29 is 9.13 Å². The van der Waals surface area contributed by atoms with E-state index in [1.807, 2.05) is 6.07 Å². The summed E-state index contributed by atoms with van der Waals surface area (Å²) in [5.74, 6) is 2.58. The number of benzene rings is 1. The summed E-state index contributed by atoms with van der Waals surface area (Å²) in [6, 6.07) is 5.13. The lowest BCUT2D eigenvalue weighted by atomic mass is 9.97. The number of ether oxygens (including phenoxy) is 1. The van der Waals surface area contributed by atoms with Crippen molar-refractivity contribution in [2.24, 2.45) is 23.5 Å². The highest BCUT2D eigenvalue weighted by Gasteiger charge is 2.41. The van der Waals surface area contributed by atoms with Crippen LogP contribution in [0.3, 0.4) is 0 Å². The molecule has 1 aromatic carbocycles. The first-order valence-corrected chi connectivity index (χ1v) is 7.99. The molecule has 0 heterocycles. The Labute approximate surface area is 126 Å². The van der Waals surface area contributed by atoms with Crippen molar-refractivity contribution in [2.45, 2.75) is 31.7 Å². The van der Waals surface area contributed by atoms with E-state index in [-0.39, 0.29) is 17.6 Å². The second-order valence-electron chi connectivity index (χ2n) is 6.43. The maximum absolute atomic E-state index is 13.8. The molecule has 1 atom stereocenters. The molecule has 2 saturated carbocycles. The van der Waals surface area contributed by atoms with Crippen LogP contribution in [-0.4, -0.2) is 20.2 Å². The summed E-state index contributed by atoms with van der Waals surface area (Å²) in [6.45, 7) is 1.48. The van der Waals surface area contributed by atoms with Crippen LogP contribution in [0.4, 0.5) is 4.39 Å². The monoisotopic (exact) mass is 292 g/mol. The molecule has 1 aromatic rings. The van der Waals surface area contributed by atoms with Gasteiger partial charge in [-0.1, -0.05) is 6.07 Å². The van der Waals surface area contributed by atoms with E-state index in [0.29, 0.717) is 6.54 Å². The van der Waals surface area contributed by atoms with E-state index >= 15 is 0 Å². The fourth-order valence-electron chi connectivity index (χ4n) is 3.28. The van der Waals surface area contributed by atoms with Gasteiger partial charge < -0.3 is 15.8 Å². The van der Waals surface area contributed by atoms with Crippen LogP contribution in [0.1, 0.15) is 37.3 Å². The molecule has 21 heavy (non-hydrogen) atoms. The third-order valence-electron chi connectivity index (χ3n) is 4.87. The van der Waals surface area contributed by atoms with E-state index in [1.165, 1.54) is 38.9 Å². The molecule has 3 nitrogen and oxygen atoms in total. The van der Waals surface area contributed by atoms with E-state index in [2.05, 4.69) is 5.32 Å². The third-order valence-corrected chi connectivity index (χ3v) is 4.87. The number of halogens is 1. The first kappa shape index (κ1) is 14.8. The molecule has 2 fully saturated rings. The minimum Gasteiger partial charge on any atom is -0.494 e. The van der Waals surface area contributed by atoms with Crippen molar-refractivity contribution in [2.75, 3.05) is 20.2 Å². The lowest BCUT2D eigenvalue weighted by Crippen LogP contribution is -2.33. The Morgan fingerprint density at radius 1 is 1.29 bits per heavy atom. The van der Waals surface area contributed by atoms with Crippen molar-refractivity contribution in [3.05, 3.63) is 29.6 Å². The third kappa shape index (κ3) is 3.55. The molecule has 0 spiro atoms. The van der Waals surface area contributed by atoms with E-state index in [9.17, 15) is 4.39 Å². The highest BCUT2D eigenvalue weighted by atomic mass is 19.1. The summed E-state index contributed by atoms with van der Waals surface area (Å²) in [5, 5.41) is 3.56. The van der Waals surface area contributed by atoms with Gasteiger partial charge in [-0.25, -0.2) is 4.39 Å². The number of nitrogens with one attached hydrogen (secondary N) is 1. The zero-order chi connectivity index (χ0) is 14.8. The second kappa shape index (κ2) is 6.32. The minimum atomic E-state index is -0.323. The molecule has 0 amide bonds. The van der Waals surface area contributed by atoms with Gasteiger partial charge in [0.05, 0.1) is 7.11 Å². The van der Waals surface area contributed by atoms with Gasteiger partial charge in [0.25, 0.3) is 0 Å². The number of rotatable bonds is 8. The first-order chi connectivity index (χ1) is 10.2. The van der Waals surface area contributed by atoms with Gasteiger partial charge in [0.15, 0.2) is 11.6 Å². The van der Waals surface area contributed by atoms with Crippen molar-refractivity contribution in [3.63, 3.8) is 0 Å². The van der Waals surface area contributed by atoms with Gasteiger partial charge in [-0.2, -0.15) is 0 Å². The second-order valence-corrected chi connectivity index (χ2v) is 6.43. The predicted octanol–water partition coefficient (Wildman–Crippen LogP) is 2.86. The maximum Gasteiger partial charge on any atom is 0.165 e. The zero-order valence-electron chi connectivity index (χ0n) is 12.6. The molecule has 3 rings (SSSR count). The van der Waals surface area contributed by atoms with Crippen molar-refractivity contribution in [1.29, 1.82) is 0 Å². The molecule has 4 heteroatoms. The molecule has 1 unspecified atom stereocenters. The average Bonchev–Trinajstić information content (AvgIpc) is 3.37. The van der Waals surface area contributed by atoms with Gasteiger partial charge >= 0.3 is 0 Å². The molecule has 0 aliphatic heterocycles. The fraction of sp³-hybridized carbons (Fsp3) is 0.647. The first-order valence-electron chi connectivity index (χ1n) is 7.99. The Kier molecular flexibility index (Phi) is 4.45. The van der Waals surface area contributed by atoms with Crippen LogP contribution in [0.15, 0.2) is 18.2 Å². The summed E-state index contributed by atoms with van der Waals surface area (Å²) in [7, 11) is 1.48. The summed E-state index contributed by atoms with van der Waals surface area (Å²) in [5.41, 5.74) is 6.78. The van der Waals surface area contributed by atoms with Crippen LogP contribution in [0.25, 0.3) is 0 Å². The van der Waals surface area contributed by atoms with Crippen molar-refractivity contribution in [1.82, 2.24) is 5.32 Å². The summed E-state index contributed by atoms with van der Waals surface area (Å²) in [4.78, 5) is 0. The standard InChI is InChI=1S/C17H25FN2O/c1-21-17-7-6-13(8-15(17)18)16(9-19)20-10-14(11-2-3-11)12-4-5-12/h6-8,11-12,14,16,20H,2-5,9-10,19H2,1H3. The Morgan fingerprint density at radius 2 is 1.95 bits per heavy atom. The average molecular weight is 292 g/mol. The molecule has 3 N–H and O–H groups in total. The summed E-state index contributed by atoms with van der Waals surface area (Å²) >= 11 is 0. The molecule has 2 aliphatic rings. The fourth-order valence-corrected chi connectivity index (χ4v) is 3.28. The number of nitrogens with two attached hydrogens (primary N) is 1. The Bertz CT molecular complexity index is 474. The molecule has 0 saturated heterocycles. The van der Waals surface area contributed by atoms with E-state index in [0.717, 1.165) is 29.9 Å². The van der Waals surface area contributed by atoms with Crippen LogP contribution >= 0.6 is 0 Å². The lowest BCUT2D eigenvalue weighted by molar-refractivity contribution is 0.356. The van der Waals surface area contributed by atoms with Gasteiger partial charge in [0.2, 0.25) is 0 Å². The van der Waals surface area contributed by atoms with E-state index in [4.69, 9.17) is 10.5 Å². The lowest BCUT2D eigenvalue weighted by Gasteiger charge is -2.22. The van der Waals surface area contributed by atoms with Crippen molar-refractivity contribution >= 4 is 0 Å². The number of hydrogen-bond donors (Lipinski definition) is 2. The molecular formula is C17H25FN2O. The zero-order valence-corrected chi connectivity index (χ0v) is 12.6.